The Kier molecular flexibility index (Phi) is 5.58. The van der Waals surface area contributed by atoms with Crippen LogP contribution in [0.2, 0.25) is 0 Å². The number of aromatic nitrogens is 1. The molecule has 5 heteroatoms. The van der Waals surface area contributed by atoms with E-state index >= 15 is 0 Å². The monoisotopic (exact) mass is 401 g/mol. The summed E-state index contributed by atoms with van der Waals surface area (Å²) in [4.78, 5) is 19.9. The summed E-state index contributed by atoms with van der Waals surface area (Å²) in [5.41, 5.74) is 3.36. The van der Waals surface area contributed by atoms with Crippen LogP contribution < -0.4 is 10.2 Å². The summed E-state index contributed by atoms with van der Waals surface area (Å²) in [5.74, 6) is -0.110. The number of nitrogens with one attached hydrogen (secondary N) is 1. The summed E-state index contributed by atoms with van der Waals surface area (Å²) in [6.45, 7) is 6.14. The van der Waals surface area contributed by atoms with Crippen molar-refractivity contribution in [1.82, 2.24) is 4.98 Å². The van der Waals surface area contributed by atoms with Crippen molar-refractivity contribution in [3.05, 3.63) is 77.7 Å². The molecule has 0 aliphatic carbocycles. The van der Waals surface area contributed by atoms with E-state index in [2.05, 4.69) is 29.4 Å². The molecule has 0 aliphatic heterocycles. The van der Waals surface area contributed by atoms with E-state index in [9.17, 15) is 4.79 Å². The van der Waals surface area contributed by atoms with Gasteiger partial charge in [-0.2, -0.15) is 0 Å². The van der Waals surface area contributed by atoms with Crippen LogP contribution >= 0.6 is 11.3 Å². The minimum Gasteiger partial charge on any atom is -0.349 e. The molecule has 29 heavy (non-hydrogen) atoms. The summed E-state index contributed by atoms with van der Waals surface area (Å²) in [5, 5.41) is 8.14. The summed E-state index contributed by atoms with van der Waals surface area (Å²) >= 11 is 1.65. The lowest BCUT2D eigenvalue weighted by atomic mass is 10.0. The van der Waals surface area contributed by atoms with Crippen LogP contribution in [0, 0.1) is 0 Å². The average Bonchev–Trinajstić information content (AvgIpc) is 3.24. The van der Waals surface area contributed by atoms with Gasteiger partial charge in [-0.1, -0.05) is 48.5 Å². The van der Waals surface area contributed by atoms with E-state index in [1.165, 1.54) is 0 Å². The van der Waals surface area contributed by atoms with Crippen LogP contribution in [0.5, 0.6) is 0 Å². The van der Waals surface area contributed by atoms with Gasteiger partial charge in [-0.15, -0.1) is 11.3 Å². The molecule has 0 radical (unpaired) electrons. The molecule has 0 saturated carbocycles. The van der Waals surface area contributed by atoms with Gasteiger partial charge in [-0.3, -0.25) is 4.79 Å². The van der Waals surface area contributed by atoms with Crippen LogP contribution in [0.4, 0.5) is 10.8 Å². The number of rotatable bonds is 6. The second-order valence-corrected chi connectivity index (χ2v) is 7.59. The fraction of sp³-hybridized carbons (Fsp3) is 0.167. The Hall–Kier alpha value is -3.18. The number of carbonyl (C=O) groups is 1. The van der Waals surface area contributed by atoms with Crippen LogP contribution in [0.1, 0.15) is 24.2 Å². The highest BCUT2D eigenvalue weighted by molar-refractivity contribution is 7.14. The van der Waals surface area contributed by atoms with Gasteiger partial charge in [-0.05, 0) is 42.8 Å². The Bertz CT molecular complexity index is 1140. The second kappa shape index (κ2) is 8.45. The third kappa shape index (κ3) is 4.00. The van der Waals surface area contributed by atoms with Crippen molar-refractivity contribution >= 4 is 38.8 Å². The molecule has 1 aromatic heterocycles. The molecular formula is C24H23N3OS. The highest BCUT2D eigenvalue weighted by atomic mass is 32.1. The first-order valence-corrected chi connectivity index (χ1v) is 10.7. The van der Waals surface area contributed by atoms with Gasteiger partial charge in [0.05, 0.1) is 5.69 Å². The van der Waals surface area contributed by atoms with Crippen molar-refractivity contribution in [2.24, 2.45) is 0 Å². The van der Waals surface area contributed by atoms with Crippen LogP contribution in [-0.2, 0) is 0 Å². The topological polar surface area (TPSA) is 45.2 Å². The first-order valence-electron chi connectivity index (χ1n) is 9.79. The third-order valence-electron chi connectivity index (χ3n) is 4.98. The van der Waals surface area contributed by atoms with Gasteiger partial charge in [0, 0.05) is 35.3 Å². The Balaban J connectivity index is 1.59. The Labute approximate surface area is 174 Å². The van der Waals surface area contributed by atoms with Crippen molar-refractivity contribution in [2.45, 2.75) is 13.8 Å². The lowest BCUT2D eigenvalue weighted by Crippen LogP contribution is -2.21. The maximum Gasteiger partial charge on any atom is 0.256 e. The number of hydrogen-bond acceptors (Lipinski definition) is 4. The first-order chi connectivity index (χ1) is 14.2. The van der Waals surface area contributed by atoms with Gasteiger partial charge in [0.15, 0.2) is 5.13 Å². The quantitative estimate of drug-likeness (QED) is 0.427. The molecular weight excluding hydrogens is 378 g/mol. The molecule has 1 amide bonds. The predicted octanol–water partition coefficient (Wildman–Crippen LogP) is 6.06. The smallest absolute Gasteiger partial charge is 0.256 e. The SMILES string of the molecule is CCN(CC)c1nc(-c2cccc(NC(=O)c3cccc4ccccc34)c2)cs1. The molecule has 0 unspecified atom stereocenters. The summed E-state index contributed by atoms with van der Waals surface area (Å²) in [6, 6.07) is 21.6. The maximum absolute atomic E-state index is 12.9. The number of fused-ring (bicyclic) bond motifs is 1. The van der Waals surface area contributed by atoms with E-state index in [-0.39, 0.29) is 5.91 Å². The lowest BCUT2D eigenvalue weighted by molar-refractivity contribution is 0.102. The molecule has 4 nitrogen and oxygen atoms in total. The molecule has 1 heterocycles. The van der Waals surface area contributed by atoms with Crippen molar-refractivity contribution in [2.75, 3.05) is 23.3 Å². The van der Waals surface area contributed by atoms with Crippen LogP contribution in [0.25, 0.3) is 22.0 Å². The van der Waals surface area contributed by atoms with E-state index < -0.39 is 0 Å². The van der Waals surface area contributed by atoms with Gasteiger partial charge < -0.3 is 10.2 Å². The molecule has 0 fully saturated rings. The second-order valence-electron chi connectivity index (χ2n) is 6.75. The van der Waals surface area contributed by atoms with E-state index in [4.69, 9.17) is 4.98 Å². The van der Waals surface area contributed by atoms with Gasteiger partial charge in [0.25, 0.3) is 5.91 Å². The molecule has 146 valence electrons. The van der Waals surface area contributed by atoms with Crippen LogP contribution in [0.15, 0.2) is 72.1 Å². The molecule has 1 N–H and O–H groups in total. The molecule has 4 aromatic rings. The van der Waals surface area contributed by atoms with Crippen LogP contribution in [0.3, 0.4) is 0 Å². The molecule has 4 rings (SSSR count). The average molecular weight is 402 g/mol. The van der Waals surface area contributed by atoms with Crippen molar-refractivity contribution in [1.29, 1.82) is 0 Å². The van der Waals surface area contributed by atoms with E-state index in [1.54, 1.807) is 11.3 Å². The van der Waals surface area contributed by atoms with Gasteiger partial charge in [0.1, 0.15) is 0 Å². The highest BCUT2D eigenvalue weighted by Crippen LogP contribution is 2.29. The molecule has 0 saturated heterocycles. The van der Waals surface area contributed by atoms with Crippen molar-refractivity contribution in [3.8, 4) is 11.3 Å². The number of amides is 1. The lowest BCUT2D eigenvalue weighted by Gasteiger charge is -2.16. The zero-order chi connectivity index (χ0) is 20.2. The largest absolute Gasteiger partial charge is 0.349 e. The summed E-state index contributed by atoms with van der Waals surface area (Å²) in [7, 11) is 0. The fourth-order valence-electron chi connectivity index (χ4n) is 3.41. The fourth-order valence-corrected chi connectivity index (χ4v) is 4.38. The van der Waals surface area contributed by atoms with E-state index in [0.717, 1.165) is 45.9 Å². The number of anilines is 2. The van der Waals surface area contributed by atoms with E-state index in [1.807, 2.05) is 66.7 Å². The van der Waals surface area contributed by atoms with Crippen LogP contribution in [-0.4, -0.2) is 24.0 Å². The number of thiazole rings is 1. The van der Waals surface area contributed by atoms with Gasteiger partial charge >= 0.3 is 0 Å². The minimum atomic E-state index is -0.110. The Morgan fingerprint density at radius 2 is 1.76 bits per heavy atom. The molecule has 0 spiro atoms. The molecule has 3 aromatic carbocycles. The molecule has 0 aliphatic rings. The van der Waals surface area contributed by atoms with Crippen molar-refractivity contribution in [3.63, 3.8) is 0 Å². The predicted molar refractivity (Wildman–Crippen MR) is 123 cm³/mol. The highest BCUT2D eigenvalue weighted by Gasteiger charge is 2.12. The maximum atomic E-state index is 12.9. The number of benzene rings is 3. The minimum absolute atomic E-state index is 0.110. The van der Waals surface area contributed by atoms with Gasteiger partial charge in [0.2, 0.25) is 0 Å². The standard InChI is InChI=1S/C24H23N3OS/c1-3-27(4-2)24-26-22(16-29-24)18-11-7-12-19(15-18)25-23(28)21-14-8-10-17-9-5-6-13-20(17)21/h5-16H,3-4H2,1-2H3,(H,25,28). The first kappa shape index (κ1) is 19.2. The Morgan fingerprint density at radius 3 is 2.59 bits per heavy atom. The number of hydrogen-bond donors (Lipinski definition) is 1. The number of carbonyl (C=O) groups excluding carboxylic acids is 1. The van der Waals surface area contributed by atoms with Crippen molar-refractivity contribution < 1.29 is 4.79 Å². The summed E-state index contributed by atoms with van der Waals surface area (Å²) in [6.07, 6.45) is 0. The van der Waals surface area contributed by atoms with E-state index in [0.29, 0.717) is 5.56 Å². The van der Waals surface area contributed by atoms with Gasteiger partial charge in [-0.25, -0.2) is 4.98 Å². The molecule has 0 atom stereocenters. The summed E-state index contributed by atoms with van der Waals surface area (Å²) < 4.78 is 0. The third-order valence-corrected chi connectivity index (χ3v) is 5.88. The normalized spacial score (nSPS) is 10.8. The zero-order valence-corrected chi connectivity index (χ0v) is 17.4. The zero-order valence-electron chi connectivity index (χ0n) is 16.6. The number of nitrogens with zero attached hydrogens (tertiary/aromatic N) is 2. The molecule has 0 bridgehead atoms. The Morgan fingerprint density at radius 1 is 1.00 bits per heavy atom.